The fourth-order valence-corrected chi connectivity index (χ4v) is 0.831. The van der Waals surface area contributed by atoms with Crippen LogP contribution >= 0.6 is 0 Å². The molecule has 0 atom stereocenters. The van der Waals surface area contributed by atoms with E-state index < -0.39 is 0 Å². The summed E-state index contributed by atoms with van der Waals surface area (Å²) in [6.45, 7) is 8.43. The van der Waals surface area contributed by atoms with E-state index in [9.17, 15) is 0 Å². The van der Waals surface area contributed by atoms with Crippen LogP contribution in [0.1, 0.15) is 33.6 Å². The van der Waals surface area contributed by atoms with Crippen LogP contribution in [-0.4, -0.2) is 37.7 Å². The molecule has 0 amide bonds. The van der Waals surface area contributed by atoms with Gasteiger partial charge in [0.25, 0.3) is 0 Å². The molecule has 0 spiro atoms. The third-order valence-corrected chi connectivity index (χ3v) is 2.09. The first-order chi connectivity index (χ1) is 5.48. The Morgan fingerprint density at radius 3 is 2.25 bits per heavy atom. The van der Waals surface area contributed by atoms with Gasteiger partial charge in [-0.15, -0.1) is 0 Å². The Kier molecular flexibility index (Phi) is 5.51. The predicted molar refractivity (Wildman–Crippen MR) is 53.5 cm³/mol. The highest BCUT2D eigenvalue weighted by molar-refractivity contribution is 4.64. The molecule has 0 aliphatic heterocycles. The van der Waals surface area contributed by atoms with Crippen molar-refractivity contribution in [3.63, 3.8) is 0 Å². The molecule has 0 aromatic heterocycles. The van der Waals surface area contributed by atoms with E-state index in [-0.39, 0.29) is 5.60 Å². The second-order valence-corrected chi connectivity index (χ2v) is 4.12. The van der Waals surface area contributed by atoms with Crippen LogP contribution in [0.25, 0.3) is 0 Å². The van der Waals surface area contributed by atoms with Gasteiger partial charge >= 0.3 is 0 Å². The normalized spacial score (nSPS) is 12.5. The van der Waals surface area contributed by atoms with Crippen molar-refractivity contribution in [2.75, 3.05) is 27.2 Å². The quantitative estimate of drug-likeness (QED) is 0.571. The van der Waals surface area contributed by atoms with E-state index in [0.29, 0.717) is 0 Å². The summed E-state index contributed by atoms with van der Waals surface area (Å²) in [6, 6.07) is 0. The Hall–Kier alpha value is -0.0800. The lowest BCUT2D eigenvalue weighted by molar-refractivity contribution is -0.0225. The van der Waals surface area contributed by atoms with Gasteiger partial charge in [0.05, 0.1) is 5.60 Å². The molecular weight excluding hydrogens is 150 g/mol. The largest absolute Gasteiger partial charge is 0.376 e. The van der Waals surface area contributed by atoms with Gasteiger partial charge in [-0.05, 0) is 47.3 Å². The van der Waals surface area contributed by atoms with Crippen LogP contribution in [-0.2, 0) is 4.74 Å². The van der Waals surface area contributed by atoms with Gasteiger partial charge in [-0.2, -0.15) is 0 Å². The zero-order valence-electron chi connectivity index (χ0n) is 9.18. The van der Waals surface area contributed by atoms with Gasteiger partial charge in [-0.3, -0.25) is 0 Å². The highest BCUT2D eigenvalue weighted by Gasteiger charge is 2.14. The summed E-state index contributed by atoms with van der Waals surface area (Å²) < 4.78 is 5.70. The molecule has 0 aromatic carbocycles. The zero-order valence-corrected chi connectivity index (χ0v) is 9.18. The lowest BCUT2D eigenvalue weighted by Crippen LogP contribution is -2.25. The number of rotatable bonds is 6. The van der Waals surface area contributed by atoms with Crippen molar-refractivity contribution in [1.29, 1.82) is 0 Å². The second kappa shape index (κ2) is 5.55. The first-order valence-corrected chi connectivity index (χ1v) is 4.76. The minimum Gasteiger partial charge on any atom is -0.376 e. The van der Waals surface area contributed by atoms with Gasteiger partial charge < -0.3 is 9.64 Å². The number of nitrogens with zero attached hydrogens (tertiary/aromatic N) is 1. The number of ether oxygens (including phenoxy) is 1. The van der Waals surface area contributed by atoms with Gasteiger partial charge in [0.2, 0.25) is 0 Å². The minimum absolute atomic E-state index is 0.0618. The monoisotopic (exact) mass is 173 g/mol. The first-order valence-electron chi connectivity index (χ1n) is 4.76. The molecule has 0 bridgehead atoms. The van der Waals surface area contributed by atoms with Crippen molar-refractivity contribution in [2.24, 2.45) is 0 Å². The molecule has 0 heterocycles. The van der Waals surface area contributed by atoms with Gasteiger partial charge in [0.15, 0.2) is 0 Å². The molecule has 0 aliphatic rings. The lowest BCUT2D eigenvalue weighted by Gasteiger charge is -2.23. The standard InChI is InChI=1S/C10H23NO/c1-6-10(2,3)12-9-7-8-11(4)5/h6-9H2,1-5H3. The fourth-order valence-electron chi connectivity index (χ4n) is 0.831. The van der Waals surface area contributed by atoms with Crippen molar-refractivity contribution in [3.05, 3.63) is 0 Å². The minimum atomic E-state index is 0.0618. The molecule has 0 fully saturated rings. The molecule has 0 N–H and O–H groups in total. The number of hydrogen-bond donors (Lipinski definition) is 0. The van der Waals surface area contributed by atoms with Crippen molar-refractivity contribution in [2.45, 2.75) is 39.2 Å². The Morgan fingerprint density at radius 2 is 1.83 bits per heavy atom. The van der Waals surface area contributed by atoms with Gasteiger partial charge in [0.1, 0.15) is 0 Å². The first kappa shape index (κ1) is 11.9. The highest BCUT2D eigenvalue weighted by Crippen LogP contribution is 2.13. The summed E-state index contributed by atoms with van der Waals surface area (Å²) in [5, 5.41) is 0. The number of hydrogen-bond acceptors (Lipinski definition) is 2. The molecule has 2 heteroatoms. The second-order valence-electron chi connectivity index (χ2n) is 4.12. The van der Waals surface area contributed by atoms with Crippen LogP contribution in [0.4, 0.5) is 0 Å². The van der Waals surface area contributed by atoms with Crippen molar-refractivity contribution in [1.82, 2.24) is 4.90 Å². The summed E-state index contributed by atoms with van der Waals surface area (Å²) >= 11 is 0. The van der Waals surface area contributed by atoms with Crippen LogP contribution in [0.2, 0.25) is 0 Å². The third kappa shape index (κ3) is 6.62. The van der Waals surface area contributed by atoms with E-state index in [1.165, 1.54) is 0 Å². The van der Waals surface area contributed by atoms with Crippen LogP contribution in [0.15, 0.2) is 0 Å². The topological polar surface area (TPSA) is 12.5 Å². The Balaban J connectivity index is 3.31. The van der Waals surface area contributed by atoms with Crippen molar-refractivity contribution >= 4 is 0 Å². The summed E-state index contributed by atoms with van der Waals surface area (Å²) in [7, 11) is 4.18. The summed E-state index contributed by atoms with van der Waals surface area (Å²) in [4.78, 5) is 2.18. The molecule has 12 heavy (non-hydrogen) atoms. The average Bonchev–Trinajstić information content (AvgIpc) is 1.98. The van der Waals surface area contributed by atoms with Crippen LogP contribution in [0.3, 0.4) is 0 Å². The molecule has 0 aromatic rings. The molecule has 0 saturated carbocycles. The maximum Gasteiger partial charge on any atom is 0.0623 e. The molecule has 0 saturated heterocycles. The SMILES string of the molecule is CCC(C)(C)OCCCN(C)C. The van der Waals surface area contributed by atoms with E-state index in [1.54, 1.807) is 0 Å². The summed E-state index contributed by atoms with van der Waals surface area (Å²) in [5.41, 5.74) is 0.0618. The van der Waals surface area contributed by atoms with Crippen LogP contribution in [0.5, 0.6) is 0 Å². The lowest BCUT2D eigenvalue weighted by atomic mass is 10.1. The molecule has 0 rings (SSSR count). The molecule has 2 nitrogen and oxygen atoms in total. The zero-order chi connectivity index (χ0) is 9.61. The van der Waals surface area contributed by atoms with Gasteiger partial charge in [-0.1, -0.05) is 6.92 Å². The summed E-state index contributed by atoms with van der Waals surface area (Å²) in [6.07, 6.45) is 2.20. The predicted octanol–water partition coefficient (Wildman–Crippen LogP) is 2.14. The van der Waals surface area contributed by atoms with E-state index in [2.05, 4.69) is 39.8 Å². The van der Waals surface area contributed by atoms with E-state index in [0.717, 1.165) is 26.0 Å². The van der Waals surface area contributed by atoms with Gasteiger partial charge in [0, 0.05) is 6.61 Å². The Bertz CT molecular complexity index is 110. The molecule has 0 unspecified atom stereocenters. The van der Waals surface area contributed by atoms with E-state index in [4.69, 9.17) is 4.74 Å². The Labute approximate surface area is 76.9 Å². The maximum atomic E-state index is 5.70. The van der Waals surface area contributed by atoms with Crippen LogP contribution in [0, 0.1) is 0 Å². The van der Waals surface area contributed by atoms with Gasteiger partial charge in [-0.25, -0.2) is 0 Å². The smallest absolute Gasteiger partial charge is 0.0623 e. The van der Waals surface area contributed by atoms with Crippen molar-refractivity contribution in [3.8, 4) is 0 Å². The van der Waals surface area contributed by atoms with Crippen molar-refractivity contribution < 1.29 is 4.74 Å². The van der Waals surface area contributed by atoms with E-state index in [1.807, 2.05) is 0 Å². The maximum absolute atomic E-state index is 5.70. The summed E-state index contributed by atoms with van der Waals surface area (Å²) in [5.74, 6) is 0. The Morgan fingerprint density at radius 1 is 1.25 bits per heavy atom. The highest BCUT2D eigenvalue weighted by atomic mass is 16.5. The molecule has 0 radical (unpaired) electrons. The molecule has 0 aliphatic carbocycles. The fraction of sp³-hybridized carbons (Fsp3) is 1.00. The molecular formula is C10H23NO. The average molecular weight is 173 g/mol. The molecule has 74 valence electrons. The van der Waals surface area contributed by atoms with E-state index >= 15 is 0 Å². The third-order valence-electron chi connectivity index (χ3n) is 2.09. The van der Waals surface area contributed by atoms with Crippen LogP contribution < -0.4 is 0 Å².